The molecule has 0 aromatic carbocycles. The van der Waals surface area contributed by atoms with Gasteiger partial charge in [-0.2, -0.15) is 5.10 Å². The molecule has 0 saturated heterocycles. The first kappa shape index (κ1) is 5.60. The number of hydrogen-bond acceptors (Lipinski definition) is 2. The average Bonchev–Trinajstić information content (AvgIpc) is 1.64. The molecule has 1 atom stereocenters. The Bertz CT molecular complexity index is 107. The van der Waals surface area contributed by atoms with Crippen molar-refractivity contribution in [1.82, 2.24) is 5.43 Å². The van der Waals surface area contributed by atoms with Gasteiger partial charge in [0.25, 0.3) is 0 Å². The predicted octanol–water partition coefficient (Wildman–Crippen LogP) is 0.992. The monoisotopic (exact) mass is 112 g/mol. The molecule has 0 bridgehead atoms. The summed E-state index contributed by atoms with van der Waals surface area (Å²) in [5.41, 5.74) is 4.20. The van der Waals surface area contributed by atoms with Crippen LogP contribution in [0.5, 0.6) is 0 Å². The highest BCUT2D eigenvalue weighted by Gasteiger charge is 2.06. The third-order valence-electron chi connectivity index (χ3n) is 1.35. The molecule has 0 aliphatic carbocycles. The molecular weight excluding hydrogens is 100 g/mol. The van der Waals surface area contributed by atoms with Gasteiger partial charge in [0.2, 0.25) is 0 Å². The number of hydrazone groups is 1. The fourth-order valence-corrected chi connectivity index (χ4v) is 0.959. The zero-order valence-corrected chi connectivity index (χ0v) is 5.44. The van der Waals surface area contributed by atoms with E-state index in [1.54, 1.807) is 0 Å². The maximum Gasteiger partial charge on any atom is 0.0358 e. The van der Waals surface area contributed by atoms with Gasteiger partial charge in [0.05, 0.1) is 0 Å². The molecule has 46 valence electrons. The van der Waals surface area contributed by atoms with Crippen LogP contribution in [0.1, 0.15) is 20.3 Å². The molecule has 1 N–H and O–H groups in total. The van der Waals surface area contributed by atoms with Crippen LogP contribution in [0.25, 0.3) is 0 Å². The largest absolute Gasteiger partial charge is 0.310 e. The summed E-state index contributed by atoms with van der Waals surface area (Å²) in [7, 11) is 0. The zero-order valence-electron chi connectivity index (χ0n) is 5.44. The van der Waals surface area contributed by atoms with Gasteiger partial charge in [-0.15, -0.1) is 0 Å². The predicted molar refractivity (Wildman–Crippen MR) is 34.9 cm³/mol. The molecule has 0 radical (unpaired) electrons. The van der Waals surface area contributed by atoms with E-state index in [1.165, 1.54) is 5.71 Å². The molecule has 2 nitrogen and oxygen atoms in total. The normalized spacial score (nSPS) is 28.8. The molecule has 1 unspecified atom stereocenters. The van der Waals surface area contributed by atoms with E-state index >= 15 is 0 Å². The Hall–Kier alpha value is -0.530. The molecule has 2 heteroatoms. The van der Waals surface area contributed by atoms with Gasteiger partial charge in [-0.3, -0.25) is 0 Å². The summed E-state index contributed by atoms with van der Waals surface area (Å²) in [6.07, 6.45) is 1.16. The smallest absolute Gasteiger partial charge is 0.0358 e. The molecule has 0 spiro atoms. The van der Waals surface area contributed by atoms with E-state index in [9.17, 15) is 0 Å². The van der Waals surface area contributed by atoms with Crippen LogP contribution in [-0.2, 0) is 0 Å². The van der Waals surface area contributed by atoms with Crippen molar-refractivity contribution in [2.45, 2.75) is 20.3 Å². The van der Waals surface area contributed by atoms with Gasteiger partial charge < -0.3 is 5.43 Å². The molecule has 0 amide bonds. The van der Waals surface area contributed by atoms with E-state index < -0.39 is 0 Å². The average molecular weight is 112 g/mol. The van der Waals surface area contributed by atoms with E-state index in [-0.39, 0.29) is 0 Å². The fraction of sp³-hybridized carbons (Fsp3) is 0.833. The van der Waals surface area contributed by atoms with E-state index in [2.05, 4.69) is 24.4 Å². The SMILES string of the molecule is CC1=NNCC(C)C1. The minimum atomic E-state index is 0.771. The van der Waals surface area contributed by atoms with E-state index in [4.69, 9.17) is 0 Å². The van der Waals surface area contributed by atoms with Crippen LogP contribution in [0.4, 0.5) is 0 Å². The van der Waals surface area contributed by atoms with Gasteiger partial charge in [-0.25, -0.2) is 0 Å². The lowest BCUT2D eigenvalue weighted by Gasteiger charge is -2.15. The third kappa shape index (κ3) is 1.22. The van der Waals surface area contributed by atoms with Gasteiger partial charge in [-0.1, -0.05) is 6.92 Å². The van der Waals surface area contributed by atoms with Crippen LogP contribution in [0.15, 0.2) is 5.10 Å². The standard InChI is InChI=1S/C6H12N2/c1-5-3-6(2)8-7-4-5/h5,7H,3-4H2,1-2H3. The summed E-state index contributed by atoms with van der Waals surface area (Å²) in [4.78, 5) is 0. The lowest BCUT2D eigenvalue weighted by Crippen LogP contribution is -2.24. The maximum atomic E-state index is 4.05. The molecule has 0 aromatic rings. The van der Waals surface area contributed by atoms with Crippen molar-refractivity contribution >= 4 is 5.71 Å². The summed E-state index contributed by atoms with van der Waals surface area (Å²) >= 11 is 0. The summed E-state index contributed by atoms with van der Waals surface area (Å²) in [5.74, 6) is 0.771. The number of rotatable bonds is 0. The highest BCUT2D eigenvalue weighted by atomic mass is 15.3. The number of nitrogens with one attached hydrogen (secondary N) is 1. The van der Waals surface area contributed by atoms with E-state index in [0.717, 1.165) is 18.9 Å². The maximum absolute atomic E-state index is 4.05. The van der Waals surface area contributed by atoms with Gasteiger partial charge >= 0.3 is 0 Å². The quantitative estimate of drug-likeness (QED) is 0.496. The molecular formula is C6H12N2. The Morgan fingerprint density at radius 3 is 2.88 bits per heavy atom. The zero-order chi connectivity index (χ0) is 5.98. The molecule has 0 aromatic heterocycles. The lowest BCUT2D eigenvalue weighted by atomic mass is 10.0. The van der Waals surface area contributed by atoms with Crippen LogP contribution in [0.3, 0.4) is 0 Å². The van der Waals surface area contributed by atoms with Crippen LogP contribution in [0, 0.1) is 5.92 Å². The van der Waals surface area contributed by atoms with Gasteiger partial charge in [-0.05, 0) is 19.3 Å². The van der Waals surface area contributed by atoms with Crippen molar-refractivity contribution < 1.29 is 0 Å². The van der Waals surface area contributed by atoms with Crippen LogP contribution in [-0.4, -0.2) is 12.3 Å². The minimum absolute atomic E-state index is 0.771. The van der Waals surface area contributed by atoms with Crippen LogP contribution >= 0.6 is 0 Å². The van der Waals surface area contributed by atoms with Crippen molar-refractivity contribution in [2.75, 3.05) is 6.54 Å². The fourth-order valence-electron chi connectivity index (χ4n) is 0.959. The Morgan fingerprint density at radius 2 is 2.50 bits per heavy atom. The molecule has 1 heterocycles. The highest BCUT2D eigenvalue weighted by Crippen LogP contribution is 2.04. The second-order valence-electron chi connectivity index (χ2n) is 2.52. The van der Waals surface area contributed by atoms with E-state index in [1.807, 2.05) is 0 Å². The van der Waals surface area contributed by atoms with E-state index in [0.29, 0.717) is 0 Å². The summed E-state index contributed by atoms with van der Waals surface area (Å²) in [5, 5.41) is 4.05. The minimum Gasteiger partial charge on any atom is -0.310 e. The van der Waals surface area contributed by atoms with Crippen LogP contribution < -0.4 is 5.43 Å². The molecule has 1 rings (SSSR count). The van der Waals surface area contributed by atoms with Crippen molar-refractivity contribution in [3.8, 4) is 0 Å². The Labute approximate surface area is 50.0 Å². The van der Waals surface area contributed by atoms with Crippen molar-refractivity contribution in [3.63, 3.8) is 0 Å². The first-order valence-electron chi connectivity index (χ1n) is 3.05. The Kier molecular flexibility index (Phi) is 1.51. The van der Waals surface area contributed by atoms with Gasteiger partial charge in [0.15, 0.2) is 0 Å². The summed E-state index contributed by atoms with van der Waals surface area (Å²) < 4.78 is 0. The molecule has 8 heavy (non-hydrogen) atoms. The molecule has 1 aliphatic heterocycles. The number of nitrogens with zero attached hydrogens (tertiary/aromatic N) is 1. The highest BCUT2D eigenvalue weighted by molar-refractivity contribution is 5.82. The lowest BCUT2D eigenvalue weighted by molar-refractivity contribution is 0.514. The summed E-state index contributed by atoms with van der Waals surface area (Å²) in [6.45, 7) is 5.32. The van der Waals surface area contributed by atoms with Gasteiger partial charge in [0.1, 0.15) is 0 Å². The Morgan fingerprint density at radius 1 is 1.75 bits per heavy atom. The first-order valence-corrected chi connectivity index (χ1v) is 3.05. The first-order chi connectivity index (χ1) is 3.79. The number of hydrogen-bond donors (Lipinski definition) is 1. The Balaban J connectivity index is 2.45. The third-order valence-corrected chi connectivity index (χ3v) is 1.35. The second kappa shape index (κ2) is 2.16. The second-order valence-corrected chi connectivity index (χ2v) is 2.52. The van der Waals surface area contributed by atoms with Crippen LogP contribution in [0.2, 0.25) is 0 Å². The topological polar surface area (TPSA) is 24.4 Å². The summed E-state index contributed by atoms with van der Waals surface area (Å²) in [6, 6.07) is 0. The van der Waals surface area contributed by atoms with Gasteiger partial charge in [0, 0.05) is 12.3 Å². The van der Waals surface area contributed by atoms with Crippen molar-refractivity contribution in [1.29, 1.82) is 0 Å². The van der Waals surface area contributed by atoms with Crippen molar-refractivity contribution in [3.05, 3.63) is 0 Å². The molecule has 1 aliphatic rings. The molecule has 0 saturated carbocycles. The molecule has 0 fully saturated rings. The van der Waals surface area contributed by atoms with Crippen molar-refractivity contribution in [2.24, 2.45) is 11.0 Å².